The molecule has 0 aromatic carbocycles. The number of ether oxygens (including phenoxy) is 3. The topological polar surface area (TPSA) is 112 Å². The summed E-state index contributed by atoms with van der Waals surface area (Å²) in [6, 6.07) is 0. The largest absolute Gasteiger partial charge is 0.390 e. The highest BCUT2D eigenvalue weighted by Crippen LogP contribution is 2.37. The lowest BCUT2D eigenvalue weighted by atomic mass is 9.91. The second-order valence-electron chi connectivity index (χ2n) is 7.38. The fourth-order valence-electron chi connectivity index (χ4n) is 3.70. The maximum Gasteiger partial charge on any atom is 0.306 e. The zero-order chi connectivity index (χ0) is 18.4. The summed E-state index contributed by atoms with van der Waals surface area (Å²) in [7, 11) is -3.79. The first-order valence-electron chi connectivity index (χ1n) is 8.51. The van der Waals surface area contributed by atoms with Crippen molar-refractivity contribution < 1.29 is 37.0 Å². The van der Waals surface area contributed by atoms with Gasteiger partial charge in [-0.05, 0) is 39.2 Å². The van der Waals surface area contributed by atoms with Crippen LogP contribution in [-0.2, 0) is 28.5 Å². The molecule has 0 aromatic rings. The minimum Gasteiger partial charge on any atom is -0.390 e. The van der Waals surface area contributed by atoms with Gasteiger partial charge in [-0.3, -0.25) is 0 Å². The molecule has 2 fully saturated rings. The van der Waals surface area contributed by atoms with Crippen LogP contribution < -0.4 is 0 Å². The highest BCUT2D eigenvalue weighted by Gasteiger charge is 2.45. The second kappa shape index (κ2) is 6.79. The van der Waals surface area contributed by atoms with Gasteiger partial charge in [0.25, 0.3) is 0 Å². The van der Waals surface area contributed by atoms with E-state index >= 15 is 0 Å². The van der Waals surface area contributed by atoms with Crippen molar-refractivity contribution in [3.05, 3.63) is 11.8 Å². The fraction of sp³-hybridized carbons (Fsp3) is 0.875. The van der Waals surface area contributed by atoms with Gasteiger partial charge in [-0.15, -0.1) is 0 Å². The van der Waals surface area contributed by atoms with Crippen LogP contribution in [0.2, 0.25) is 0 Å². The van der Waals surface area contributed by atoms with Crippen LogP contribution >= 0.6 is 0 Å². The summed E-state index contributed by atoms with van der Waals surface area (Å²) in [6.07, 6.45) is 0.326. The number of hydrogen-bond acceptors (Lipinski definition) is 8. The van der Waals surface area contributed by atoms with Crippen LogP contribution in [0.25, 0.3) is 0 Å². The van der Waals surface area contributed by atoms with Gasteiger partial charge >= 0.3 is 10.1 Å². The van der Waals surface area contributed by atoms with Crippen LogP contribution in [0.1, 0.15) is 39.5 Å². The van der Waals surface area contributed by atoms with Crippen molar-refractivity contribution in [3.63, 3.8) is 0 Å². The Morgan fingerprint density at radius 2 is 1.76 bits per heavy atom. The van der Waals surface area contributed by atoms with Gasteiger partial charge in [0.05, 0.1) is 36.8 Å². The van der Waals surface area contributed by atoms with Gasteiger partial charge in [0.15, 0.2) is 5.79 Å². The zero-order valence-electron chi connectivity index (χ0n) is 14.6. The van der Waals surface area contributed by atoms with E-state index in [1.807, 2.05) is 13.8 Å². The Labute approximate surface area is 147 Å². The monoisotopic (exact) mass is 378 g/mol. The molecule has 3 rings (SSSR count). The fourth-order valence-corrected chi connectivity index (χ4v) is 4.21. The van der Waals surface area contributed by atoms with Crippen LogP contribution in [0.4, 0.5) is 0 Å². The van der Waals surface area contributed by atoms with E-state index in [0.717, 1.165) is 6.26 Å². The van der Waals surface area contributed by atoms with Gasteiger partial charge in [-0.25, -0.2) is 0 Å². The summed E-state index contributed by atoms with van der Waals surface area (Å²) in [4.78, 5) is 0. The summed E-state index contributed by atoms with van der Waals surface area (Å²) in [5, 5.41) is 20.4. The van der Waals surface area contributed by atoms with Crippen molar-refractivity contribution in [2.75, 3.05) is 6.26 Å². The number of aliphatic hydroxyl groups excluding tert-OH is 2. The molecule has 3 aliphatic rings. The van der Waals surface area contributed by atoms with Gasteiger partial charge < -0.3 is 28.6 Å². The Balaban J connectivity index is 1.92. The second-order valence-corrected chi connectivity index (χ2v) is 8.96. The van der Waals surface area contributed by atoms with E-state index in [0.29, 0.717) is 19.3 Å². The maximum atomic E-state index is 11.6. The van der Waals surface area contributed by atoms with E-state index in [2.05, 4.69) is 0 Å². The predicted octanol–water partition coefficient (Wildman–Crippen LogP) is 0.430. The first kappa shape index (κ1) is 19.1. The van der Waals surface area contributed by atoms with Crippen LogP contribution in [0.3, 0.4) is 0 Å². The van der Waals surface area contributed by atoms with Crippen molar-refractivity contribution in [2.24, 2.45) is 0 Å². The minimum atomic E-state index is -3.79. The molecule has 25 heavy (non-hydrogen) atoms. The molecule has 0 saturated carbocycles. The molecule has 6 atom stereocenters. The minimum absolute atomic E-state index is 0.0286. The molecular formula is C16H26O8S. The van der Waals surface area contributed by atoms with E-state index in [4.69, 9.17) is 18.4 Å². The van der Waals surface area contributed by atoms with E-state index in [1.54, 1.807) is 6.08 Å². The summed E-state index contributed by atoms with van der Waals surface area (Å²) in [5.41, 5.74) is 0. The SMILES string of the molecule is CC1(C)O[C@H]2C/C=C(/OS(C)(=O)=O)[C@H]3O[C@@H](CC[C@@H]2O1)[C@H](O)C[C@@H]3O. The van der Waals surface area contributed by atoms with Crippen LogP contribution in [0, 0.1) is 0 Å². The molecule has 2 saturated heterocycles. The molecule has 0 radical (unpaired) electrons. The van der Waals surface area contributed by atoms with Gasteiger partial charge in [0, 0.05) is 6.42 Å². The van der Waals surface area contributed by atoms with Crippen LogP contribution in [0.5, 0.6) is 0 Å². The number of aliphatic hydroxyl groups is 2. The normalized spacial score (nSPS) is 43.6. The Kier molecular flexibility index (Phi) is 5.18. The molecule has 9 heteroatoms. The summed E-state index contributed by atoms with van der Waals surface area (Å²) < 4.78 is 45.9. The first-order valence-corrected chi connectivity index (χ1v) is 10.3. The first-order chi connectivity index (χ1) is 11.5. The third-order valence-corrected chi connectivity index (χ3v) is 5.18. The Hall–Kier alpha value is -0.710. The van der Waals surface area contributed by atoms with Crippen molar-refractivity contribution >= 4 is 10.1 Å². The molecule has 0 spiro atoms. The number of fused-ring (bicyclic) bond motifs is 3. The zero-order valence-corrected chi connectivity index (χ0v) is 15.4. The van der Waals surface area contributed by atoms with E-state index in [9.17, 15) is 18.6 Å². The van der Waals surface area contributed by atoms with Crippen LogP contribution in [-0.4, -0.2) is 67.3 Å². The molecule has 2 N–H and O–H groups in total. The quantitative estimate of drug-likeness (QED) is 0.666. The third-order valence-electron chi connectivity index (χ3n) is 4.68. The lowest BCUT2D eigenvalue weighted by Crippen LogP contribution is -2.49. The maximum absolute atomic E-state index is 11.6. The van der Waals surface area contributed by atoms with E-state index < -0.39 is 40.3 Å². The Bertz CT molecular complexity index is 628. The van der Waals surface area contributed by atoms with E-state index in [-0.39, 0.29) is 24.4 Å². The van der Waals surface area contributed by atoms with Crippen LogP contribution in [0.15, 0.2) is 11.8 Å². The predicted molar refractivity (Wildman–Crippen MR) is 87.0 cm³/mol. The molecule has 0 unspecified atom stereocenters. The molecular weight excluding hydrogens is 352 g/mol. The summed E-state index contributed by atoms with van der Waals surface area (Å²) >= 11 is 0. The average Bonchev–Trinajstić information content (AvgIpc) is 2.75. The van der Waals surface area contributed by atoms with Gasteiger partial charge in [-0.1, -0.05) is 0 Å². The molecule has 0 aliphatic carbocycles. The Morgan fingerprint density at radius 1 is 1.12 bits per heavy atom. The molecule has 0 amide bonds. The van der Waals surface area contributed by atoms with Crippen molar-refractivity contribution in [1.82, 2.24) is 0 Å². The molecule has 2 bridgehead atoms. The van der Waals surface area contributed by atoms with Gasteiger partial charge in [-0.2, -0.15) is 8.42 Å². The lowest BCUT2D eigenvalue weighted by Gasteiger charge is -2.38. The van der Waals surface area contributed by atoms with Crippen molar-refractivity contribution in [3.8, 4) is 0 Å². The standard InChI is InChI=1S/C16H26O8S/c1-16(2)22-12-5-4-11-9(17)8-10(18)15(21-11)14(24-25(3,19)20)7-6-13(12)23-16/h7,9-13,15,17-18H,4-6,8H2,1-3H3/b14-7+/t9-,10+,11+,12+,13+,15+/m1/s1. The molecule has 3 heterocycles. The Morgan fingerprint density at radius 3 is 2.44 bits per heavy atom. The highest BCUT2D eigenvalue weighted by atomic mass is 32.2. The summed E-state index contributed by atoms with van der Waals surface area (Å²) in [5.74, 6) is -0.704. The number of rotatable bonds is 2. The molecule has 144 valence electrons. The van der Waals surface area contributed by atoms with E-state index in [1.165, 1.54) is 0 Å². The van der Waals surface area contributed by atoms with Crippen molar-refractivity contribution in [1.29, 1.82) is 0 Å². The highest BCUT2D eigenvalue weighted by molar-refractivity contribution is 7.86. The molecule has 0 aromatic heterocycles. The summed E-state index contributed by atoms with van der Waals surface area (Å²) in [6.45, 7) is 3.65. The van der Waals surface area contributed by atoms with Crippen molar-refractivity contribution in [2.45, 2.75) is 81.9 Å². The lowest BCUT2D eigenvalue weighted by molar-refractivity contribution is -0.169. The molecule has 8 nitrogen and oxygen atoms in total. The average molecular weight is 378 g/mol. The van der Waals surface area contributed by atoms with Gasteiger partial charge in [0.2, 0.25) is 0 Å². The molecule has 3 aliphatic heterocycles. The van der Waals surface area contributed by atoms with Gasteiger partial charge in [0.1, 0.15) is 11.9 Å². The number of hydrogen-bond donors (Lipinski definition) is 2. The smallest absolute Gasteiger partial charge is 0.306 e. The third kappa shape index (κ3) is 4.53.